The number of hydrogen-bond acceptors (Lipinski definition) is 4. The molecule has 0 radical (unpaired) electrons. The molecular formula is C19H14N4O. The first kappa shape index (κ1) is 16.7. The highest BCUT2D eigenvalue weighted by atomic mass is 16.1. The van der Waals surface area contributed by atoms with E-state index in [1.54, 1.807) is 60.7 Å². The molecule has 0 atom stereocenters. The van der Waals surface area contributed by atoms with Crippen molar-refractivity contribution in [1.29, 1.82) is 10.5 Å². The third kappa shape index (κ3) is 4.16. The lowest BCUT2D eigenvalue weighted by Crippen LogP contribution is -2.24. The monoisotopic (exact) mass is 314 g/mol. The second kappa shape index (κ2) is 8.07. The van der Waals surface area contributed by atoms with Crippen molar-refractivity contribution in [3.8, 4) is 12.1 Å². The molecule has 2 aromatic carbocycles. The van der Waals surface area contributed by atoms with Crippen LogP contribution in [0.2, 0.25) is 0 Å². The Hall–Kier alpha value is -3.70. The van der Waals surface area contributed by atoms with Crippen LogP contribution in [0.25, 0.3) is 0 Å². The summed E-state index contributed by atoms with van der Waals surface area (Å²) in [7, 11) is 0. The van der Waals surface area contributed by atoms with Gasteiger partial charge < -0.3 is 5.32 Å². The standard InChI is InChI=1S/C19H14N4O/c1-14(15(12-20)13-21)18(22-16-8-4-2-5-9-16)19(24)23-17-10-6-3-7-11-17/h2-11H,1H3,(H,23,24). The Labute approximate surface area is 140 Å². The molecule has 5 nitrogen and oxygen atoms in total. The van der Waals surface area contributed by atoms with Crippen LogP contribution < -0.4 is 5.32 Å². The second-order valence-corrected chi connectivity index (χ2v) is 4.84. The minimum atomic E-state index is -0.481. The van der Waals surface area contributed by atoms with Gasteiger partial charge >= 0.3 is 0 Å². The summed E-state index contributed by atoms with van der Waals surface area (Å²) in [4.78, 5) is 16.9. The van der Waals surface area contributed by atoms with Gasteiger partial charge in [0.15, 0.2) is 0 Å². The summed E-state index contributed by atoms with van der Waals surface area (Å²) in [5, 5.41) is 20.9. The number of aliphatic imine (C=N–C) groups is 1. The normalized spacial score (nSPS) is 10.2. The topological polar surface area (TPSA) is 89.0 Å². The number of carbonyl (C=O) groups is 1. The maximum absolute atomic E-state index is 12.6. The van der Waals surface area contributed by atoms with E-state index in [1.165, 1.54) is 6.92 Å². The maximum Gasteiger partial charge on any atom is 0.274 e. The van der Waals surface area contributed by atoms with Gasteiger partial charge in [0.1, 0.15) is 23.4 Å². The lowest BCUT2D eigenvalue weighted by atomic mass is 10.1. The highest BCUT2D eigenvalue weighted by Gasteiger charge is 2.18. The summed E-state index contributed by atoms with van der Waals surface area (Å²) < 4.78 is 0. The smallest absolute Gasteiger partial charge is 0.274 e. The van der Waals surface area contributed by atoms with E-state index < -0.39 is 5.91 Å². The van der Waals surface area contributed by atoms with Crippen molar-refractivity contribution in [2.24, 2.45) is 4.99 Å². The lowest BCUT2D eigenvalue weighted by Gasteiger charge is -2.09. The summed E-state index contributed by atoms with van der Waals surface area (Å²) in [6.45, 7) is 1.54. The third-order valence-electron chi connectivity index (χ3n) is 3.20. The van der Waals surface area contributed by atoms with E-state index >= 15 is 0 Å². The molecule has 0 aliphatic carbocycles. The number of amides is 1. The van der Waals surface area contributed by atoms with Crippen LogP contribution in [0.4, 0.5) is 11.4 Å². The first-order valence-corrected chi connectivity index (χ1v) is 7.17. The molecule has 0 saturated heterocycles. The zero-order valence-corrected chi connectivity index (χ0v) is 13.0. The molecule has 24 heavy (non-hydrogen) atoms. The summed E-state index contributed by atoms with van der Waals surface area (Å²) in [6.07, 6.45) is 0. The van der Waals surface area contributed by atoms with Gasteiger partial charge in [-0.05, 0) is 31.2 Å². The number of anilines is 1. The van der Waals surface area contributed by atoms with Crippen molar-refractivity contribution in [3.05, 3.63) is 71.8 Å². The van der Waals surface area contributed by atoms with Crippen LogP contribution in [-0.2, 0) is 4.79 Å². The van der Waals surface area contributed by atoms with Crippen molar-refractivity contribution < 1.29 is 4.79 Å². The largest absolute Gasteiger partial charge is 0.321 e. The fourth-order valence-electron chi connectivity index (χ4n) is 1.96. The van der Waals surface area contributed by atoms with E-state index in [0.29, 0.717) is 11.4 Å². The number of nitriles is 2. The molecule has 0 spiro atoms. The third-order valence-corrected chi connectivity index (χ3v) is 3.20. The number of nitrogens with zero attached hydrogens (tertiary/aromatic N) is 3. The number of allylic oxidation sites excluding steroid dienone is 1. The average molecular weight is 314 g/mol. The number of carbonyl (C=O) groups excluding carboxylic acids is 1. The number of nitrogens with one attached hydrogen (secondary N) is 1. The van der Waals surface area contributed by atoms with Crippen LogP contribution in [0.5, 0.6) is 0 Å². The Bertz CT molecular complexity index is 853. The van der Waals surface area contributed by atoms with Gasteiger partial charge in [0.25, 0.3) is 5.91 Å². The summed E-state index contributed by atoms with van der Waals surface area (Å²) in [5.41, 5.74) is 1.28. The molecule has 0 heterocycles. The quantitative estimate of drug-likeness (QED) is 0.688. The van der Waals surface area contributed by atoms with E-state index in [9.17, 15) is 4.79 Å². The molecule has 116 valence electrons. The van der Waals surface area contributed by atoms with Crippen LogP contribution in [-0.4, -0.2) is 11.6 Å². The molecule has 0 unspecified atom stereocenters. The Kier molecular flexibility index (Phi) is 5.60. The fourth-order valence-corrected chi connectivity index (χ4v) is 1.96. The van der Waals surface area contributed by atoms with E-state index in [0.717, 1.165) is 0 Å². The summed E-state index contributed by atoms with van der Waals surface area (Å²) in [6, 6.07) is 21.4. The van der Waals surface area contributed by atoms with Crippen molar-refractivity contribution in [2.45, 2.75) is 6.92 Å². The van der Waals surface area contributed by atoms with E-state index in [-0.39, 0.29) is 16.9 Å². The molecule has 0 saturated carbocycles. The van der Waals surface area contributed by atoms with Gasteiger partial charge in [0.05, 0.1) is 5.69 Å². The first-order chi connectivity index (χ1) is 11.7. The fraction of sp³-hybridized carbons (Fsp3) is 0.0526. The molecule has 2 rings (SSSR count). The average Bonchev–Trinajstić information content (AvgIpc) is 2.62. The van der Waals surface area contributed by atoms with Crippen LogP contribution in [0.3, 0.4) is 0 Å². The molecule has 0 fully saturated rings. The van der Waals surface area contributed by atoms with Gasteiger partial charge in [-0.25, -0.2) is 4.99 Å². The molecule has 0 bridgehead atoms. The number of hydrogen-bond donors (Lipinski definition) is 1. The maximum atomic E-state index is 12.6. The van der Waals surface area contributed by atoms with E-state index in [1.807, 2.05) is 12.1 Å². The molecule has 1 N–H and O–H groups in total. The van der Waals surface area contributed by atoms with Gasteiger partial charge in [0.2, 0.25) is 0 Å². The van der Waals surface area contributed by atoms with Crippen molar-refractivity contribution in [3.63, 3.8) is 0 Å². The van der Waals surface area contributed by atoms with Crippen LogP contribution in [0.15, 0.2) is 76.8 Å². The van der Waals surface area contributed by atoms with E-state index in [2.05, 4.69) is 10.3 Å². The number of rotatable bonds is 4. The Balaban J connectivity index is 2.46. The van der Waals surface area contributed by atoms with Gasteiger partial charge in [-0.3, -0.25) is 4.79 Å². The Morgan fingerprint density at radius 3 is 2.04 bits per heavy atom. The van der Waals surface area contributed by atoms with Crippen LogP contribution in [0.1, 0.15) is 6.92 Å². The van der Waals surface area contributed by atoms with Gasteiger partial charge in [0, 0.05) is 11.3 Å². The SMILES string of the molecule is CC(C(=Nc1ccccc1)C(=O)Nc1ccccc1)=C(C#N)C#N. The molecule has 0 aromatic heterocycles. The van der Waals surface area contributed by atoms with E-state index in [4.69, 9.17) is 10.5 Å². The highest BCUT2D eigenvalue weighted by Crippen LogP contribution is 2.16. The minimum absolute atomic E-state index is 0.0307. The van der Waals surface area contributed by atoms with Crippen LogP contribution >= 0.6 is 0 Å². The lowest BCUT2D eigenvalue weighted by molar-refractivity contribution is -0.110. The second-order valence-electron chi connectivity index (χ2n) is 4.84. The summed E-state index contributed by atoms with van der Waals surface area (Å²) >= 11 is 0. The molecule has 2 aromatic rings. The highest BCUT2D eigenvalue weighted by molar-refractivity contribution is 6.49. The molecule has 1 amide bonds. The minimum Gasteiger partial charge on any atom is -0.321 e. The number of benzene rings is 2. The van der Waals surface area contributed by atoms with Crippen LogP contribution in [0, 0.1) is 22.7 Å². The first-order valence-electron chi connectivity index (χ1n) is 7.17. The van der Waals surface area contributed by atoms with Gasteiger partial charge in [-0.2, -0.15) is 10.5 Å². The predicted molar refractivity (Wildman–Crippen MR) is 92.5 cm³/mol. The molecule has 0 aliphatic heterocycles. The van der Waals surface area contributed by atoms with Gasteiger partial charge in [-0.1, -0.05) is 36.4 Å². The predicted octanol–water partition coefficient (Wildman–Crippen LogP) is 3.76. The zero-order valence-electron chi connectivity index (χ0n) is 13.0. The Morgan fingerprint density at radius 1 is 0.958 bits per heavy atom. The number of para-hydroxylation sites is 2. The zero-order chi connectivity index (χ0) is 17.4. The molecule has 0 aliphatic rings. The molecular weight excluding hydrogens is 300 g/mol. The summed E-state index contributed by atoms with van der Waals surface area (Å²) in [5.74, 6) is -0.481. The van der Waals surface area contributed by atoms with Crippen molar-refractivity contribution >= 4 is 23.0 Å². The Morgan fingerprint density at radius 2 is 1.50 bits per heavy atom. The van der Waals surface area contributed by atoms with Crippen molar-refractivity contribution in [2.75, 3.05) is 5.32 Å². The van der Waals surface area contributed by atoms with Gasteiger partial charge in [-0.15, -0.1) is 0 Å². The van der Waals surface area contributed by atoms with Crippen molar-refractivity contribution in [1.82, 2.24) is 0 Å². The molecule has 5 heteroatoms.